The number of pyridine rings is 1. The second-order valence-corrected chi connectivity index (χ2v) is 10.3. The lowest BCUT2D eigenvalue weighted by molar-refractivity contribution is -0.120. The fraction of sp³-hybridized carbons (Fsp3) is 0.241. The van der Waals surface area contributed by atoms with Crippen LogP contribution in [0.4, 0.5) is 15.0 Å². The number of nitrogens with zero attached hydrogens (tertiary/aromatic N) is 5. The summed E-state index contributed by atoms with van der Waals surface area (Å²) in [5, 5.41) is 2.78. The van der Waals surface area contributed by atoms with Gasteiger partial charge in [0.2, 0.25) is 5.91 Å². The maximum absolute atomic E-state index is 14.1. The van der Waals surface area contributed by atoms with E-state index in [1.54, 1.807) is 24.5 Å². The van der Waals surface area contributed by atoms with E-state index in [0.29, 0.717) is 35.9 Å². The number of rotatable bonds is 6. The molecule has 0 bridgehead atoms. The quantitative estimate of drug-likeness (QED) is 0.376. The van der Waals surface area contributed by atoms with E-state index in [9.17, 15) is 14.0 Å². The summed E-state index contributed by atoms with van der Waals surface area (Å²) in [6, 6.07) is 14.6. The molecule has 39 heavy (non-hydrogen) atoms. The zero-order valence-corrected chi connectivity index (χ0v) is 22.1. The molecule has 2 aliphatic rings. The highest BCUT2D eigenvalue weighted by Crippen LogP contribution is 2.31. The van der Waals surface area contributed by atoms with Crippen LogP contribution in [0.5, 0.6) is 0 Å². The molecule has 10 heteroatoms. The lowest BCUT2D eigenvalue weighted by Crippen LogP contribution is -2.50. The number of hydrogen-bond acceptors (Lipinski definition) is 5. The van der Waals surface area contributed by atoms with Crippen LogP contribution in [0.25, 0.3) is 11.4 Å². The van der Waals surface area contributed by atoms with Crippen molar-refractivity contribution in [2.75, 3.05) is 11.4 Å². The molecule has 0 aliphatic carbocycles. The Morgan fingerprint density at radius 3 is 2.64 bits per heavy atom. The summed E-state index contributed by atoms with van der Waals surface area (Å²) in [7, 11) is 1.87. The first-order valence-corrected chi connectivity index (χ1v) is 13.1. The molecule has 0 saturated carbocycles. The highest BCUT2D eigenvalue weighted by atomic mass is 35.5. The highest BCUT2D eigenvalue weighted by Gasteiger charge is 2.27. The third kappa shape index (κ3) is 5.03. The van der Waals surface area contributed by atoms with Gasteiger partial charge in [0.1, 0.15) is 17.5 Å². The van der Waals surface area contributed by atoms with Gasteiger partial charge in [-0.15, -0.1) is 0 Å². The minimum Gasteiger partial charge on any atom is -0.314 e. The molecule has 1 N–H and O–H groups in total. The molecule has 2 aromatic heterocycles. The number of urea groups is 1. The van der Waals surface area contributed by atoms with Gasteiger partial charge in [-0.3, -0.25) is 24.9 Å². The van der Waals surface area contributed by atoms with Gasteiger partial charge in [0.15, 0.2) is 0 Å². The Kier molecular flexibility index (Phi) is 6.62. The Hall–Kier alpha value is -4.08. The van der Waals surface area contributed by atoms with Crippen molar-refractivity contribution in [2.45, 2.75) is 32.5 Å². The molecule has 4 heterocycles. The first-order valence-electron chi connectivity index (χ1n) is 12.7. The van der Waals surface area contributed by atoms with Crippen LogP contribution in [0.15, 0.2) is 60.9 Å². The van der Waals surface area contributed by atoms with Gasteiger partial charge in [-0.1, -0.05) is 35.9 Å². The lowest BCUT2D eigenvalue weighted by atomic mass is 10.1. The van der Waals surface area contributed by atoms with E-state index in [0.717, 1.165) is 35.7 Å². The SMILES string of the molecule is Cn1c(N2CCC(=O)NC2=O)cnc1-c1ccc2c(c1)CN(Cc1ccc(Cc3c(F)cccc3Cl)cn1)C2. The van der Waals surface area contributed by atoms with Crippen LogP contribution in [0.3, 0.4) is 0 Å². The Balaban J connectivity index is 1.12. The van der Waals surface area contributed by atoms with Crippen LogP contribution in [0, 0.1) is 5.82 Å². The van der Waals surface area contributed by atoms with Gasteiger partial charge < -0.3 is 4.57 Å². The highest BCUT2D eigenvalue weighted by molar-refractivity contribution is 6.31. The number of aromatic nitrogens is 3. The number of fused-ring (bicyclic) bond motifs is 1. The van der Waals surface area contributed by atoms with Gasteiger partial charge in [-0.2, -0.15) is 0 Å². The van der Waals surface area contributed by atoms with Crippen LogP contribution in [-0.4, -0.2) is 37.9 Å². The van der Waals surface area contributed by atoms with Crippen molar-refractivity contribution in [1.29, 1.82) is 0 Å². The first kappa shape index (κ1) is 25.2. The molecular weight excluding hydrogens is 519 g/mol. The van der Waals surface area contributed by atoms with Gasteiger partial charge in [0, 0.05) is 68.4 Å². The van der Waals surface area contributed by atoms with Crippen molar-refractivity contribution in [3.63, 3.8) is 0 Å². The van der Waals surface area contributed by atoms with Crippen molar-refractivity contribution in [1.82, 2.24) is 24.8 Å². The molecular formula is C29H26ClFN6O2. The minimum atomic E-state index is -0.428. The van der Waals surface area contributed by atoms with Crippen LogP contribution >= 0.6 is 11.6 Å². The molecule has 198 valence electrons. The first-order chi connectivity index (χ1) is 18.9. The molecule has 2 aromatic carbocycles. The van der Waals surface area contributed by atoms with Crippen LogP contribution in [0.2, 0.25) is 5.02 Å². The fourth-order valence-corrected chi connectivity index (χ4v) is 5.44. The predicted octanol–water partition coefficient (Wildman–Crippen LogP) is 4.83. The van der Waals surface area contributed by atoms with Gasteiger partial charge in [0.05, 0.1) is 11.9 Å². The molecule has 6 rings (SSSR count). The number of benzene rings is 2. The lowest BCUT2D eigenvalue weighted by Gasteiger charge is -2.26. The second kappa shape index (κ2) is 10.2. The largest absolute Gasteiger partial charge is 0.329 e. The number of anilines is 1. The zero-order chi connectivity index (χ0) is 27.1. The van der Waals surface area contributed by atoms with Crippen molar-refractivity contribution in [3.8, 4) is 11.4 Å². The summed E-state index contributed by atoms with van der Waals surface area (Å²) in [5.74, 6) is 0.823. The van der Waals surface area contributed by atoms with Crippen molar-refractivity contribution >= 4 is 29.4 Å². The number of carbonyl (C=O) groups excluding carboxylic acids is 2. The smallest absolute Gasteiger partial charge is 0.314 e. The van der Waals surface area contributed by atoms with E-state index < -0.39 is 6.03 Å². The van der Waals surface area contributed by atoms with Crippen molar-refractivity contribution in [3.05, 3.63) is 99.7 Å². The Morgan fingerprint density at radius 2 is 1.87 bits per heavy atom. The summed E-state index contributed by atoms with van der Waals surface area (Å²) in [4.78, 5) is 36.9. The minimum absolute atomic E-state index is 0.262. The summed E-state index contributed by atoms with van der Waals surface area (Å²) >= 11 is 6.17. The van der Waals surface area contributed by atoms with Gasteiger partial charge in [-0.05, 0) is 41.0 Å². The molecule has 1 saturated heterocycles. The Morgan fingerprint density at radius 1 is 1.03 bits per heavy atom. The summed E-state index contributed by atoms with van der Waals surface area (Å²) in [5.41, 5.74) is 5.78. The number of imide groups is 1. The molecule has 0 atom stereocenters. The Labute approximate surface area is 230 Å². The normalized spacial score (nSPS) is 15.5. The van der Waals surface area contributed by atoms with Crippen molar-refractivity contribution < 1.29 is 14.0 Å². The van der Waals surface area contributed by atoms with E-state index in [-0.39, 0.29) is 18.1 Å². The molecule has 4 aromatic rings. The van der Waals surface area contributed by atoms with E-state index in [1.807, 2.05) is 23.7 Å². The maximum Gasteiger partial charge on any atom is 0.329 e. The number of hydrogen-bond donors (Lipinski definition) is 1. The van der Waals surface area contributed by atoms with E-state index >= 15 is 0 Å². The molecule has 0 spiro atoms. The molecule has 0 radical (unpaired) electrons. The molecule has 2 aliphatic heterocycles. The molecule has 1 fully saturated rings. The van der Waals surface area contributed by atoms with E-state index in [1.165, 1.54) is 22.1 Å². The van der Waals surface area contributed by atoms with Crippen LogP contribution in [-0.2, 0) is 37.9 Å². The van der Waals surface area contributed by atoms with Gasteiger partial charge >= 0.3 is 6.03 Å². The molecule has 0 unspecified atom stereocenters. The number of halogens is 2. The second-order valence-electron chi connectivity index (χ2n) is 9.92. The van der Waals surface area contributed by atoms with E-state index in [2.05, 4.69) is 38.4 Å². The number of carbonyl (C=O) groups is 2. The predicted molar refractivity (Wildman–Crippen MR) is 146 cm³/mol. The van der Waals surface area contributed by atoms with Crippen LogP contribution < -0.4 is 10.2 Å². The van der Waals surface area contributed by atoms with Gasteiger partial charge in [-0.25, -0.2) is 14.2 Å². The average molecular weight is 545 g/mol. The summed E-state index contributed by atoms with van der Waals surface area (Å²) in [6.07, 6.45) is 4.11. The number of nitrogens with one attached hydrogen (secondary N) is 1. The number of imidazole rings is 1. The zero-order valence-electron chi connectivity index (χ0n) is 21.3. The molecule has 3 amide bonds. The Bertz CT molecular complexity index is 1570. The summed E-state index contributed by atoms with van der Waals surface area (Å²) in [6.45, 7) is 2.62. The van der Waals surface area contributed by atoms with Crippen molar-refractivity contribution in [2.24, 2.45) is 7.05 Å². The third-order valence-corrected chi connectivity index (χ3v) is 7.61. The van der Waals surface area contributed by atoms with E-state index in [4.69, 9.17) is 11.6 Å². The maximum atomic E-state index is 14.1. The van der Waals surface area contributed by atoms with Crippen LogP contribution in [0.1, 0.15) is 34.4 Å². The number of amides is 3. The van der Waals surface area contributed by atoms with Gasteiger partial charge in [0.25, 0.3) is 0 Å². The monoisotopic (exact) mass is 544 g/mol. The standard InChI is InChI=1S/C29H26ClFN6O2/c1-35-27(37-10-9-26(38)34-29(37)39)14-33-28(35)19-6-7-20-15-36(16-21(20)12-19)17-22-8-5-18(13-32-22)11-23-24(30)3-2-4-25(23)31/h2-8,12-14H,9-11,15-17H2,1H3,(H,34,38,39). The topological polar surface area (TPSA) is 83.4 Å². The fourth-order valence-electron chi connectivity index (χ4n) is 5.21. The average Bonchev–Trinajstić information content (AvgIpc) is 3.49. The summed E-state index contributed by atoms with van der Waals surface area (Å²) < 4.78 is 16.0. The molecule has 8 nitrogen and oxygen atoms in total. The third-order valence-electron chi connectivity index (χ3n) is 7.26.